The molecule has 0 bridgehead atoms. The predicted molar refractivity (Wildman–Crippen MR) is 141 cm³/mol. The fourth-order valence-corrected chi connectivity index (χ4v) is 5.14. The van der Waals surface area contributed by atoms with Crippen LogP contribution in [0.2, 0.25) is 0 Å². The molecule has 0 atom stereocenters. The Labute approximate surface area is 213 Å². The minimum Gasteiger partial charge on any atom is -0.487 e. The summed E-state index contributed by atoms with van der Waals surface area (Å²) in [5.41, 5.74) is 1.69. The van der Waals surface area contributed by atoms with E-state index in [2.05, 4.69) is 68.0 Å². The molecule has 2 amide bonds. The average Bonchev–Trinajstić information content (AvgIpc) is 2.79. The molecular weight excluding hydrogens is 568 g/mol. The van der Waals surface area contributed by atoms with E-state index in [1.54, 1.807) is 18.2 Å². The van der Waals surface area contributed by atoms with Crippen LogP contribution in [-0.4, -0.2) is 28.4 Å². The van der Waals surface area contributed by atoms with E-state index in [1.165, 1.54) is 16.4 Å². The van der Waals surface area contributed by atoms with Crippen molar-refractivity contribution in [1.82, 2.24) is 10.2 Å². The highest BCUT2D eigenvalue weighted by Gasteiger charge is 2.32. The molecule has 0 spiro atoms. The van der Waals surface area contributed by atoms with E-state index in [4.69, 9.17) is 17.0 Å². The lowest BCUT2D eigenvalue weighted by molar-refractivity contribution is -0.128. The van der Waals surface area contributed by atoms with Crippen molar-refractivity contribution >= 4 is 77.9 Å². The first-order chi connectivity index (χ1) is 15.9. The number of fused-ring (bicyclic) bond motifs is 1. The van der Waals surface area contributed by atoms with Crippen LogP contribution in [0.15, 0.2) is 81.8 Å². The van der Waals surface area contributed by atoms with Crippen molar-refractivity contribution in [1.29, 1.82) is 0 Å². The van der Waals surface area contributed by atoms with Crippen LogP contribution in [0.1, 0.15) is 11.1 Å². The van der Waals surface area contributed by atoms with Gasteiger partial charge in [-0.1, -0.05) is 42.5 Å². The van der Waals surface area contributed by atoms with E-state index in [0.717, 1.165) is 10.9 Å². The number of ether oxygens (including phenoxy) is 1. The maximum atomic E-state index is 12.7. The predicted octanol–water partition coefficient (Wildman–Crippen LogP) is 5.76. The average molecular weight is 586 g/mol. The van der Waals surface area contributed by atoms with Gasteiger partial charge in [-0.3, -0.25) is 19.8 Å². The summed E-state index contributed by atoms with van der Waals surface area (Å²) < 4.78 is 7.43. The third-order valence-corrected chi connectivity index (χ3v) is 6.53. The van der Waals surface area contributed by atoms with Gasteiger partial charge in [0.2, 0.25) is 0 Å². The lowest BCUT2D eigenvalue weighted by Crippen LogP contribution is -2.53. The number of benzene rings is 3. The summed E-state index contributed by atoms with van der Waals surface area (Å²) in [5.74, 6) is -0.374. The van der Waals surface area contributed by atoms with E-state index < -0.39 is 11.8 Å². The van der Waals surface area contributed by atoms with Crippen LogP contribution in [0.3, 0.4) is 0 Å². The molecule has 1 aliphatic heterocycles. The molecule has 1 fully saturated rings. The topological polar surface area (TPSA) is 58.6 Å². The standard InChI is InChI=1S/C25H18Br2N2O3S/c1-2-9-29-24(31)19(23(30)28-25(29)33)11-16-12-20(26)22(21(27)13-16)32-14-15-7-8-17-5-3-4-6-18(17)10-15/h2-8,10-13H,1,9,14H2,(H,28,30,33)/b19-11+. The van der Waals surface area contributed by atoms with Crippen molar-refractivity contribution in [3.63, 3.8) is 0 Å². The molecule has 5 nitrogen and oxygen atoms in total. The van der Waals surface area contributed by atoms with Crippen molar-refractivity contribution in [3.8, 4) is 5.75 Å². The van der Waals surface area contributed by atoms with Crippen LogP contribution >= 0.6 is 44.1 Å². The van der Waals surface area contributed by atoms with E-state index in [1.807, 2.05) is 18.2 Å². The van der Waals surface area contributed by atoms with Crippen molar-refractivity contribution in [2.45, 2.75) is 6.61 Å². The summed E-state index contributed by atoms with van der Waals surface area (Å²) in [6, 6.07) is 17.9. The van der Waals surface area contributed by atoms with E-state index >= 15 is 0 Å². The molecule has 8 heteroatoms. The molecule has 0 radical (unpaired) electrons. The van der Waals surface area contributed by atoms with Crippen LogP contribution in [-0.2, 0) is 16.2 Å². The number of nitrogens with one attached hydrogen (secondary N) is 1. The number of carbonyl (C=O) groups excluding carboxylic acids is 2. The number of rotatable bonds is 6. The van der Waals surface area contributed by atoms with Crippen LogP contribution in [0.5, 0.6) is 5.75 Å². The van der Waals surface area contributed by atoms with Gasteiger partial charge in [-0.05, 0) is 90.3 Å². The number of nitrogens with zero attached hydrogens (tertiary/aromatic N) is 1. The lowest BCUT2D eigenvalue weighted by Gasteiger charge is -2.27. The van der Waals surface area contributed by atoms with Gasteiger partial charge in [0, 0.05) is 6.54 Å². The Hall–Kier alpha value is -2.81. The van der Waals surface area contributed by atoms with Crippen LogP contribution in [0.4, 0.5) is 0 Å². The molecule has 0 saturated carbocycles. The Balaban J connectivity index is 1.56. The molecule has 1 heterocycles. The van der Waals surface area contributed by atoms with Crippen molar-refractivity contribution < 1.29 is 14.3 Å². The zero-order valence-electron chi connectivity index (χ0n) is 17.3. The highest BCUT2D eigenvalue weighted by Crippen LogP contribution is 2.36. The minimum absolute atomic E-state index is 0.00548. The highest BCUT2D eigenvalue weighted by molar-refractivity contribution is 9.11. The normalized spacial score (nSPS) is 15.2. The number of carbonyl (C=O) groups is 2. The van der Waals surface area contributed by atoms with Crippen molar-refractivity contribution in [2.24, 2.45) is 0 Å². The second-order valence-electron chi connectivity index (χ2n) is 7.31. The second-order valence-corrected chi connectivity index (χ2v) is 9.40. The zero-order valence-corrected chi connectivity index (χ0v) is 21.3. The Morgan fingerprint density at radius 3 is 2.42 bits per heavy atom. The van der Waals surface area contributed by atoms with Gasteiger partial charge >= 0.3 is 0 Å². The molecule has 1 aliphatic rings. The van der Waals surface area contributed by atoms with Gasteiger partial charge < -0.3 is 4.74 Å². The first-order valence-corrected chi connectivity index (χ1v) is 12.0. The van der Waals surface area contributed by atoms with Gasteiger partial charge in [0.1, 0.15) is 17.9 Å². The SMILES string of the molecule is C=CCN1C(=O)/C(=C/c2cc(Br)c(OCc3ccc4ccccc4c3)c(Br)c2)C(=O)NC1=S. The molecule has 0 aliphatic carbocycles. The van der Waals surface area contributed by atoms with Crippen molar-refractivity contribution in [2.75, 3.05) is 6.54 Å². The second kappa shape index (κ2) is 9.99. The van der Waals surface area contributed by atoms with Gasteiger partial charge in [-0.25, -0.2) is 0 Å². The Morgan fingerprint density at radius 1 is 1.03 bits per heavy atom. The Morgan fingerprint density at radius 2 is 1.73 bits per heavy atom. The molecule has 0 unspecified atom stereocenters. The van der Waals surface area contributed by atoms with E-state index in [9.17, 15) is 9.59 Å². The number of halogens is 2. The smallest absolute Gasteiger partial charge is 0.265 e. The van der Waals surface area contributed by atoms with Crippen molar-refractivity contribution in [3.05, 3.63) is 92.9 Å². The minimum atomic E-state index is -0.533. The molecule has 33 heavy (non-hydrogen) atoms. The number of hydrogen-bond acceptors (Lipinski definition) is 4. The third-order valence-electron chi connectivity index (χ3n) is 5.03. The summed E-state index contributed by atoms with van der Waals surface area (Å²) in [6.07, 6.45) is 3.08. The Bertz CT molecular complexity index is 1310. The molecule has 166 valence electrons. The van der Waals surface area contributed by atoms with Gasteiger partial charge in [-0.2, -0.15) is 0 Å². The number of amides is 2. The summed E-state index contributed by atoms with van der Waals surface area (Å²) in [6.45, 7) is 4.23. The quantitative estimate of drug-likeness (QED) is 0.173. The summed E-state index contributed by atoms with van der Waals surface area (Å²) in [4.78, 5) is 26.4. The van der Waals surface area contributed by atoms with Crippen LogP contribution < -0.4 is 10.1 Å². The molecule has 0 aromatic heterocycles. The molecule has 3 aromatic carbocycles. The molecule has 1 saturated heterocycles. The van der Waals surface area contributed by atoms with Gasteiger partial charge in [0.15, 0.2) is 5.11 Å². The first-order valence-electron chi connectivity index (χ1n) is 9.96. The maximum Gasteiger partial charge on any atom is 0.265 e. The number of hydrogen-bond donors (Lipinski definition) is 1. The Kier molecular flexibility index (Phi) is 7.07. The molecular formula is C25H18Br2N2O3S. The fourth-order valence-electron chi connectivity index (χ4n) is 3.44. The summed E-state index contributed by atoms with van der Waals surface area (Å²) in [5, 5.41) is 4.94. The fraction of sp³-hybridized carbons (Fsp3) is 0.0800. The third kappa shape index (κ3) is 5.08. The summed E-state index contributed by atoms with van der Waals surface area (Å²) in [7, 11) is 0. The number of thiocarbonyl (C=S) groups is 1. The largest absolute Gasteiger partial charge is 0.487 e. The zero-order chi connectivity index (χ0) is 23.5. The lowest BCUT2D eigenvalue weighted by atomic mass is 10.1. The monoisotopic (exact) mass is 584 g/mol. The van der Waals surface area contributed by atoms with E-state index in [0.29, 0.717) is 26.9 Å². The first kappa shape index (κ1) is 23.4. The highest BCUT2D eigenvalue weighted by atomic mass is 79.9. The van der Waals surface area contributed by atoms with Crippen LogP contribution in [0.25, 0.3) is 16.8 Å². The van der Waals surface area contributed by atoms with Gasteiger partial charge in [0.25, 0.3) is 11.8 Å². The molecule has 4 rings (SSSR count). The van der Waals surface area contributed by atoms with Gasteiger partial charge in [-0.15, -0.1) is 6.58 Å². The molecule has 3 aromatic rings. The van der Waals surface area contributed by atoms with E-state index in [-0.39, 0.29) is 17.2 Å². The summed E-state index contributed by atoms with van der Waals surface area (Å²) >= 11 is 12.2. The van der Waals surface area contributed by atoms with Gasteiger partial charge in [0.05, 0.1) is 8.95 Å². The maximum absolute atomic E-state index is 12.7. The molecule has 1 N–H and O–H groups in total. The van der Waals surface area contributed by atoms with Crippen LogP contribution in [0, 0.1) is 0 Å².